The lowest BCUT2D eigenvalue weighted by molar-refractivity contribution is -0.383. The number of aliphatic hydroxyl groups is 1. The number of carbonyl (C=O) groups is 1. The number of amides is 1. The van der Waals surface area contributed by atoms with E-state index in [2.05, 4.69) is 5.73 Å². The Bertz CT molecular complexity index is 84.1. The van der Waals surface area contributed by atoms with E-state index in [1.165, 1.54) is 0 Å². The van der Waals surface area contributed by atoms with E-state index in [4.69, 9.17) is 10.8 Å². The summed E-state index contributed by atoms with van der Waals surface area (Å²) < 4.78 is 0. The first-order valence-corrected chi connectivity index (χ1v) is 2.42. The van der Waals surface area contributed by atoms with Gasteiger partial charge in [-0.1, -0.05) is 0 Å². The molecule has 4 heteroatoms. The first-order valence-electron chi connectivity index (χ1n) is 2.42. The second kappa shape index (κ2) is 3.40. The second-order valence-electron chi connectivity index (χ2n) is 1.61. The molecule has 8 heavy (non-hydrogen) atoms. The molecule has 0 saturated carbocycles. The van der Waals surface area contributed by atoms with Crippen LogP contribution in [0.4, 0.5) is 0 Å². The minimum atomic E-state index is -0.660. The lowest BCUT2D eigenvalue weighted by Gasteiger charge is -1.98. The third-order valence-electron chi connectivity index (χ3n) is 0.770. The quantitative estimate of drug-likeness (QED) is 0.382. The first-order chi connectivity index (χ1) is 3.66. The van der Waals surface area contributed by atoms with Gasteiger partial charge in [-0.3, -0.25) is 4.79 Å². The van der Waals surface area contributed by atoms with Gasteiger partial charge in [0.15, 0.2) is 0 Å². The van der Waals surface area contributed by atoms with Crippen LogP contribution in [-0.2, 0) is 4.79 Å². The average Bonchev–Trinajstić information content (AvgIpc) is 1.65. The van der Waals surface area contributed by atoms with Crippen LogP contribution in [0, 0.1) is 0 Å². The van der Waals surface area contributed by atoms with Gasteiger partial charge >= 0.3 is 0 Å². The third kappa shape index (κ3) is 3.58. The molecule has 0 heterocycles. The standard InChI is InChI=1S/C4H10N2O2/c5-2-3(7)1-4(6)8/h3,7H,1-2,5H2,(H2,6,8)/p+1. The maximum Gasteiger partial charge on any atom is 0.220 e. The SMILES string of the molecule is NC(=O)CC(O)C[NH3+]. The fourth-order valence-corrected chi connectivity index (χ4v) is 0.334. The highest BCUT2D eigenvalue weighted by Crippen LogP contribution is 1.83. The van der Waals surface area contributed by atoms with Crippen LogP contribution < -0.4 is 11.5 Å². The van der Waals surface area contributed by atoms with Gasteiger partial charge in [0.05, 0.1) is 6.42 Å². The molecule has 0 aromatic heterocycles. The molecule has 4 nitrogen and oxygen atoms in total. The van der Waals surface area contributed by atoms with Crippen LogP contribution in [0.15, 0.2) is 0 Å². The van der Waals surface area contributed by atoms with Crippen molar-refractivity contribution < 1.29 is 15.6 Å². The van der Waals surface area contributed by atoms with Gasteiger partial charge in [-0.2, -0.15) is 0 Å². The Labute approximate surface area is 47.5 Å². The minimum Gasteiger partial charge on any atom is -0.387 e. The molecular weight excluding hydrogens is 108 g/mol. The number of quaternary nitrogens is 1. The van der Waals surface area contributed by atoms with Crippen LogP contribution in [0.5, 0.6) is 0 Å². The molecule has 1 amide bonds. The van der Waals surface area contributed by atoms with Crippen LogP contribution >= 0.6 is 0 Å². The second-order valence-corrected chi connectivity index (χ2v) is 1.61. The summed E-state index contributed by atoms with van der Waals surface area (Å²) in [6, 6.07) is 0. The summed E-state index contributed by atoms with van der Waals surface area (Å²) in [4.78, 5) is 10.0. The fourth-order valence-electron chi connectivity index (χ4n) is 0.334. The summed E-state index contributed by atoms with van der Waals surface area (Å²) in [5, 5.41) is 8.66. The van der Waals surface area contributed by atoms with Crippen LogP contribution in [0.1, 0.15) is 6.42 Å². The summed E-state index contributed by atoms with van der Waals surface area (Å²) in [5.41, 5.74) is 8.12. The predicted octanol–water partition coefficient (Wildman–Crippen LogP) is -2.54. The number of hydrogen-bond acceptors (Lipinski definition) is 2. The normalized spacial score (nSPS) is 13.2. The third-order valence-corrected chi connectivity index (χ3v) is 0.770. The van der Waals surface area contributed by atoms with Crippen molar-refractivity contribution in [2.75, 3.05) is 6.54 Å². The summed E-state index contributed by atoms with van der Waals surface area (Å²) >= 11 is 0. The van der Waals surface area contributed by atoms with Gasteiger partial charge < -0.3 is 16.6 Å². The molecule has 0 bridgehead atoms. The molecule has 0 radical (unpaired) electrons. The molecule has 0 aromatic carbocycles. The molecule has 0 aliphatic carbocycles. The molecule has 0 rings (SSSR count). The molecule has 48 valence electrons. The van der Waals surface area contributed by atoms with Crippen molar-refractivity contribution in [2.24, 2.45) is 5.73 Å². The van der Waals surface area contributed by atoms with Crippen molar-refractivity contribution >= 4 is 5.91 Å². The highest BCUT2D eigenvalue weighted by molar-refractivity contribution is 5.74. The van der Waals surface area contributed by atoms with Crippen molar-refractivity contribution in [2.45, 2.75) is 12.5 Å². The molecule has 1 atom stereocenters. The largest absolute Gasteiger partial charge is 0.387 e. The molecule has 0 aromatic rings. The van der Waals surface area contributed by atoms with Gasteiger partial charge in [-0.25, -0.2) is 0 Å². The van der Waals surface area contributed by atoms with Crippen molar-refractivity contribution in [1.29, 1.82) is 0 Å². The molecule has 6 N–H and O–H groups in total. The zero-order valence-corrected chi connectivity index (χ0v) is 4.63. The molecule has 0 saturated heterocycles. The van der Waals surface area contributed by atoms with Gasteiger partial charge in [0, 0.05) is 0 Å². The number of rotatable bonds is 3. The zero-order valence-electron chi connectivity index (χ0n) is 4.63. The average molecular weight is 119 g/mol. The molecular formula is C4H11N2O2+. The van der Waals surface area contributed by atoms with Crippen molar-refractivity contribution in [1.82, 2.24) is 0 Å². The first kappa shape index (κ1) is 7.39. The number of aliphatic hydroxyl groups excluding tert-OH is 1. The molecule has 0 fully saturated rings. The topological polar surface area (TPSA) is 91.0 Å². The summed E-state index contributed by atoms with van der Waals surface area (Å²) in [7, 11) is 0. The van der Waals surface area contributed by atoms with Crippen molar-refractivity contribution in [3.8, 4) is 0 Å². The fraction of sp³-hybridized carbons (Fsp3) is 0.750. The summed E-state index contributed by atoms with van der Waals surface area (Å²) in [5.74, 6) is -0.485. The Morgan fingerprint density at radius 3 is 2.50 bits per heavy atom. The smallest absolute Gasteiger partial charge is 0.220 e. The van der Waals surface area contributed by atoms with Crippen LogP contribution in [-0.4, -0.2) is 23.7 Å². The van der Waals surface area contributed by atoms with Gasteiger partial charge in [0.1, 0.15) is 12.6 Å². The van der Waals surface area contributed by atoms with E-state index in [-0.39, 0.29) is 6.42 Å². The van der Waals surface area contributed by atoms with E-state index >= 15 is 0 Å². The van der Waals surface area contributed by atoms with Gasteiger partial charge in [0.2, 0.25) is 5.91 Å². The Hall–Kier alpha value is -0.610. The minimum absolute atomic E-state index is 0.0174. The predicted molar refractivity (Wildman–Crippen MR) is 27.6 cm³/mol. The van der Waals surface area contributed by atoms with E-state index in [1.54, 1.807) is 0 Å². The van der Waals surface area contributed by atoms with Crippen LogP contribution in [0.25, 0.3) is 0 Å². The summed E-state index contributed by atoms with van der Waals surface area (Å²) in [6.45, 7) is 0.336. The number of carbonyl (C=O) groups excluding carboxylic acids is 1. The van der Waals surface area contributed by atoms with Gasteiger partial charge in [-0.05, 0) is 0 Å². The maximum atomic E-state index is 10.0. The Morgan fingerprint density at radius 2 is 2.38 bits per heavy atom. The van der Waals surface area contributed by atoms with Crippen LogP contribution in [0.3, 0.4) is 0 Å². The highest BCUT2D eigenvalue weighted by Gasteiger charge is 2.05. The van der Waals surface area contributed by atoms with E-state index in [1.807, 2.05) is 0 Å². The zero-order chi connectivity index (χ0) is 6.57. The molecule has 0 aliphatic rings. The van der Waals surface area contributed by atoms with E-state index in [0.29, 0.717) is 6.54 Å². The highest BCUT2D eigenvalue weighted by atomic mass is 16.3. The Balaban J connectivity index is 3.24. The van der Waals surface area contributed by atoms with Crippen molar-refractivity contribution in [3.63, 3.8) is 0 Å². The van der Waals surface area contributed by atoms with Gasteiger partial charge in [0.25, 0.3) is 0 Å². The maximum absolute atomic E-state index is 10.0. The molecule has 0 aliphatic heterocycles. The van der Waals surface area contributed by atoms with Crippen molar-refractivity contribution in [3.05, 3.63) is 0 Å². The number of primary amides is 1. The Morgan fingerprint density at radius 1 is 1.88 bits per heavy atom. The Kier molecular flexibility index (Phi) is 3.14. The molecule has 0 spiro atoms. The number of hydrogen-bond donors (Lipinski definition) is 3. The van der Waals surface area contributed by atoms with E-state index in [9.17, 15) is 4.79 Å². The summed E-state index contributed by atoms with van der Waals surface area (Å²) in [6.07, 6.45) is -0.642. The van der Waals surface area contributed by atoms with Gasteiger partial charge in [-0.15, -0.1) is 0 Å². The monoisotopic (exact) mass is 119 g/mol. The van der Waals surface area contributed by atoms with Crippen LogP contribution in [0.2, 0.25) is 0 Å². The molecule has 1 unspecified atom stereocenters. The van der Waals surface area contributed by atoms with E-state index < -0.39 is 12.0 Å². The lowest BCUT2D eigenvalue weighted by atomic mass is 10.2. The lowest BCUT2D eigenvalue weighted by Crippen LogP contribution is -2.56. The van der Waals surface area contributed by atoms with E-state index in [0.717, 1.165) is 0 Å². The number of nitrogens with two attached hydrogens (primary N) is 1.